The predicted molar refractivity (Wildman–Crippen MR) is 334 cm³/mol. The molecule has 0 bridgehead atoms. The van der Waals surface area contributed by atoms with E-state index in [9.17, 15) is 29.4 Å². The lowest BCUT2D eigenvalue weighted by molar-refractivity contribution is -0.134. The molecule has 2 amide bonds. The lowest BCUT2D eigenvalue weighted by Crippen LogP contribution is -2.37. The highest BCUT2D eigenvalue weighted by molar-refractivity contribution is 5.89. The Kier molecular flexibility index (Phi) is 27.1. The van der Waals surface area contributed by atoms with Gasteiger partial charge in [-0.05, 0) is 120 Å². The Morgan fingerprint density at radius 2 is 0.779 bits per heavy atom. The quantitative estimate of drug-likeness (QED) is 0.0182. The SMILES string of the molecule is COc1ccc(CC(C)N(Cc2ccccc2)CC(O)c2ccc(OCc3ccccc3)c(NC=O)c2)cc1.COc1ccc(CC(C)N(Cc2ccccc2)CC(O)c2ccc(OCc3ccccc3)c(NC=O)c2)cc1.O=C(O)C=CC(=O)O. The zero-order chi connectivity index (χ0) is 61.5. The predicted octanol–water partition coefficient (Wildman–Crippen LogP) is 11.7. The number of carboxylic acid groups (broad SMARTS) is 2. The van der Waals surface area contributed by atoms with Gasteiger partial charge in [0.1, 0.15) is 36.2 Å². The molecule has 6 N–H and O–H groups in total. The summed E-state index contributed by atoms with van der Waals surface area (Å²) in [6.07, 6.45) is 2.50. The molecule has 0 aromatic heterocycles. The number of nitrogens with zero attached hydrogens (tertiary/aromatic N) is 2. The van der Waals surface area contributed by atoms with Gasteiger partial charge < -0.3 is 50.0 Å². The molecule has 16 heteroatoms. The van der Waals surface area contributed by atoms with Crippen molar-refractivity contribution in [2.75, 3.05) is 37.9 Å². The third-order valence-electron chi connectivity index (χ3n) is 13.9. The third kappa shape index (κ3) is 22.5. The average Bonchev–Trinajstić information content (AvgIpc) is 3.65. The molecule has 0 spiro atoms. The standard InChI is InChI=1S/2C33H36N2O4.C4H4O4/c2*1-25(19-26-13-16-30(38-2)17-14-26)35(21-27-9-5-3-6-10-27)22-32(37)29-15-18-33(31(20-29)34-24-36)39-23-28-11-7-4-8-12-28;5-3(6)1-2-4(7)8/h2*3-18,20,24-25,32,37H,19,21-23H2,1-2H3,(H,34,36);1-2H,(H,5,6)(H,7,8). The molecule has 0 saturated heterocycles. The van der Waals surface area contributed by atoms with E-state index >= 15 is 0 Å². The highest BCUT2D eigenvalue weighted by Crippen LogP contribution is 2.32. The fraction of sp³-hybridized carbons (Fsp3) is 0.229. The normalized spacial score (nSPS) is 12.2. The summed E-state index contributed by atoms with van der Waals surface area (Å²) in [5.74, 6) is 0.254. The van der Waals surface area contributed by atoms with Crippen LogP contribution in [0.2, 0.25) is 0 Å². The Labute approximate surface area is 503 Å². The number of hydrogen-bond acceptors (Lipinski definition) is 12. The first-order valence-electron chi connectivity index (χ1n) is 28.1. The minimum atomic E-state index is -1.26. The number of anilines is 2. The monoisotopic (exact) mass is 1160 g/mol. The number of nitrogens with one attached hydrogen (secondary N) is 2. The van der Waals surface area contributed by atoms with Crippen molar-refractivity contribution < 1.29 is 58.6 Å². The van der Waals surface area contributed by atoms with Crippen LogP contribution in [0.4, 0.5) is 11.4 Å². The Hall–Kier alpha value is -9.58. The van der Waals surface area contributed by atoms with Crippen LogP contribution in [-0.4, -0.2) is 94.4 Å². The molecule has 0 aliphatic heterocycles. The van der Waals surface area contributed by atoms with Crippen LogP contribution >= 0.6 is 0 Å². The first-order valence-corrected chi connectivity index (χ1v) is 28.1. The number of aliphatic carboxylic acids is 2. The molecule has 0 fully saturated rings. The van der Waals surface area contributed by atoms with E-state index in [1.54, 1.807) is 38.5 Å². The second kappa shape index (κ2) is 35.5. The number of rotatable bonds is 30. The third-order valence-corrected chi connectivity index (χ3v) is 13.9. The van der Waals surface area contributed by atoms with Crippen LogP contribution in [0.25, 0.3) is 0 Å². The maximum Gasteiger partial charge on any atom is 0.328 e. The van der Waals surface area contributed by atoms with Gasteiger partial charge in [-0.25, -0.2) is 9.59 Å². The first kappa shape index (κ1) is 65.6. The van der Waals surface area contributed by atoms with E-state index in [2.05, 4.69) is 82.8 Å². The fourth-order valence-corrected chi connectivity index (χ4v) is 9.28. The van der Waals surface area contributed by atoms with Gasteiger partial charge in [0.2, 0.25) is 12.8 Å². The van der Waals surface area contributed by atoms with Gasteiger partial charge in [0.05, 0.1) is 37.8 Å². The number of methoxy groups -OCH3 is 2. The van der Waals surface area contributed by atoms with Gasteiger partial charge in [-0.3, -0.25) is 19.4 Å². The van der Waals surface area contributed by atoms with Gasteiger partial charge in [0.15, 0.2) is 0 Å². The van der Waals surface area contributed by atoms with E-state index in [-0.39, 0.29) is 12.1 Å². The highest BCUT2D eigenvalue weighted by Gasteiger charge is 2.23. The molecular weight excluding hydrogens is 1090 g/mol. The zero-order valence-electron chi connectivity index (χ0n) is 48.9. The summed E-state index contributed by atoms with van der Waals surface area (Å²) in [5.41, 5.74) is 9.29. The Balaban J connectivity index is 0.000000244. The molecule has 0 saturated carbocycles. The lowest BCUT2D eigenvalue weighted by atomic mass is 10.0. The molecule has 16 nitrogen and oxygen atoms in total. The van der Waals surface area contributed by atoms with Gasteiger partial charge in [-0.2, -0.15) is 0 Å². The maximum atomic E-state index is 11.3. The fourth-order valence-electron chi connectivity index (χ4n) is 9.28. The van der Waals surface area contributed by atoms with Crippen LogP contribution in [0.1, 0.15) is 70.6 Å². The summed E-state index contributed by atoms with van der Waals surface area (Å²) in [6.45, 7) is 7.38. The molecule has 0 aliphatic rings. The molecule has 8 aromatic rings. The van der Waals surface area contributed by atoms with E-state index in [1.807, 2.05) is 133 Å². The van der Waals surface area contributed by atoms with E-state index < -0.39 is 24.1 Å². The molecule has 8 aromatic carbocycles. The van der Waals surface area contributed by atoms with Gasteiger partial charge in [0, 0.05) is 50.4 Å². The molecule has 8 rings (SSSR count). The number of benzene rings is 8. The minimum Gasteiger partial charge on any atom is -0.497 e. The molecule has 4 unspecified atom stereocenters. The van der Waals surface area contributed by atoms with Crippen molar-refractivity contribution in [3.63, 3.8) is 0 Å². The van der Waals surface area contributed by atoms with Crippen LogP contribution in [0.5, 0.6) is 23.0 Å². The number of amides is 2. The van der Waals surface area contributed by atoms with Crippen LogP contribution < -0.4 is 29.6 Å². The molecule has 0 aliphatic carbocycles. The number of carboxylic acids is 2. The van der Waals surface area contributed by atoms with Crippen LogP contribution in [0, 0.1) is 0 Å². The maximum absolute atomic E-state index is 11.3. The van der Waals surface area contributed by atoms with E-state index in [0.29, 0.717) is 98.4 Å². The van der Waals surface area contributed by atoms with E-state index in [0.717, 1.165) is 35.5 Å². The molecule has 448 valence electrons. The van der Waals surface area contributed by atoms with Gasteiger partial charge >= 0.3 is 11.9 Å². The van der Waals surface area contributed by atoms with Crippen LogP contribution in [-0.2, 0) is 58.3 Å². The summed E-state index contributed by atoms with van der Waals surface area (Å²) in [5, 5.41) is 43.7. The summed E-state index contributed by atoms with van der Waals surface area (Å²) in [4.78, 5) is 46.3. The van der Waals surface area contributed by atoms with Gasteiger partial charge in [0.25, 0.3) is 0 Å². The molecule has 0 heterocycles. The highest BCUT2D eigenvalue weighted by atomic mass is 16.5. The van der Waals surface area contributed by atoms with Crippen LogP contribution in [0.3, 0.4) is 0 Å². The average molecular weight is 1170 g/mol. The van der Waals surface area contributed by atoms with Crippen molar-refractivity contribution >= 4 is 36.1 Å². The minimum absolute atomic E-state index is 0.161. The molecule has 4 atom stereocenters. The van der Waals surface area contributed by atoms with E-state index in [1.165, 1.54) is 22.3 Å². The molecule has 0 radical (unpaired) electrons. The lowest BCUT2D eigenvalue weighted by Gasteiger charge is -2.31. The summed E-state index contributed by atoms with van der Waals surface area (Å²) in [6, 6.07) is 67.7. The smallest absolute Gasteiger partial charge is 0.328 e. The molecule has 86 heavy (non-hydrogen) atoms. The van der Waals surface area contributed by atoms with Gasteiger partial charge in [-0.1, -0.05) is 158 Å². The Morgan fingerprint density at radius 3 is 1.08 bits per heavy atom. The van der Waals surface area contributed by atoms with Crippen molar-refractivity contribution in [2.45, 2.75) is 77.3 Å². The second-order valence-electron chi connectivity index (χ2n) is 20.3. The van der Waals surface area contributed by atoms with Crippen molar-refractivity contribution in [2.24, 2.45) is 0 Å². The first-order chi connectivity index (χ1) is 41.7. The van der Waals surface area contributed by atoms with Crippen molar-refractivity contribution in [1.82, 2.24) is 9.80 Å². The molecular formula is C70H76N4O12. The van der Waals surface area contributed by atoms with E-state index in [4.69, 9.17) is 29.2 Å². The zero-order valence-corrected chi connectivity index (χ0v) is 48.9. The number of carbonyl (C=O) groups excluding carboxylic acids is 2. The largest absolute Gasteiger partial charge is 0.497 e. The summed E-state index contributed by atoms with van der Waals surface area (Å²) < 4.78 is 22.5. The summed E-state index contributed by atoms with van der Waals surface area (Å²) >= 11 is 0. The van der Waals surface area contributed by atoms with Crippen LogP contribution in [0.15, 0.2) is 218 Å². The number of aliphatic hydroxyl groups excluding tert-OH is 2. The number of hydrogen-bond donors (Lipinski definition) is 6. The van der Waals surface area contributed by atoms with Gasteiger partial charge in [-0.15, -0.1) is 0 Å². The number of carbonyl (C=O) groups is 4. The Bertz CT molecular complexity index is 3100. The van der Waals surface area contributed by atoms with Crippen molar-refractivity contribution in [1.29, 1.82) is 0 Å². The number of ether oxygens (including phenoxy) is 4. The Morgan fingerprint density at radius 1 is 0.453 bits per heavy atom. The number of aliphatic hydroxyl groups is 2. The summed E-state index contributed by atoms with van der Waals surface area (Å²) in [7, 11) is 3.33. The van der Waals surface area contributed by atoms with Crippen molar-refractivity contribution in [3.05, 3.63) is 263 Å². The van der Waals surface area contributed by atoms with Crippen molar-refractivity contribution in [3.8, 4) is 23.0 Å². The second-order valence-corrected chi connectivity index (χ2v) is 20.3. The topological polar surface area (TPSA) is 217 Å².